The molecule has 4 atom stereocenters. The molecule has 1 aromatic carbocycles. The third-order valence-electron chi connectivity index (χ3n) is 4.67. The first-order chi connectivity index (χ1) is 13.0. The first-order valence-corrected chi connectivity index (χ1v) is 9.84. The van der Waals surface area contributed by atoms with Crippen LogP contribution in [0, 0.1) is 0 Å². The lowest BCUT2D eigenvalue weighted by Crippen LogP contribution is -2.59. The zero-order valence-corrected chi connectivity index (χ0v) is 16.4. The zero-order valence-electron chi connectivity index (χ0n) is 15.6. The van der Waals surface area contributed by atoms with Gasteiger partial charge in [-0.15, -0.1) is 11.6 Å². The van der Waals surface area contributed by atoms with Gasteiger partial charge in [-0.3, -0.25) is 0 Å². The van der Waals surface area contributed by atoms with E-state index in [-0.39, 0.29) is 6.61 Å². The molecule has 1 aliphatic heterocycles. The number of ether oxygens (including phenoxy) is 2. The molecule has 0 spiro atoms. The fraction of sp³-hybridized carbons (Fsp3) is 0.524. The number of benzene rings is 1. The lowest BCUT2D eigenvalue weighted by atomic mass is 9.84. The standard InChI is InChI=1S/C21H29ClO5/c1-2-26-17-10-8-16(9-11-17)7-3-4-12-21(13-5-6-14-22)20(25)19(24)18(23)15-27-21/h4-6,8-12,18-20,23-25H,2-3,7,13-15H2,1H3/b6-5-,12-4+/t18-,19+,20-,21?/m1/s1. The highest BCUT2D eigenvalue weighted by molar-refractivity contribution is 6.18. The van der Waals surface area contributed by atoms with Crippen LogP contribution in [0.1, 0.15) is 25.3 Å². The summed E-state index contributed by atoms with van der Waals surface area (Å²) in [5, 5.41) is 30.3. The van der Waals surface area contributed by atoms with E-state index in [1.54, 1.807) is 12.2 Å². The highest BCUT2D eigenvalue weighted by Gasteiger charge is 2.46. The van der Waals surface area contributed by atoms with Crippen molar-refractivity contribution in [3.8, 4) is 5.75 Å². The van der Waals surface area contributed by atoms with Crippen LogP contribution in [-0.4, -0.2) is 58.3 Å². The van der Waals surface area contributed by atoms with Gasteiger partial charge in [0.05, 0.1) is 13.2 Å². The third kappa shape index (κ3) is 6.06. The van der Waals surface area contributed by atoms with Crippen molar-refractivity contribution in [3.63, 3.8) is 0 Å². The first kappa shape index (κ1) is 21.9. The van der Waals surface area contributed by atoms with Crippen LogP contribution in [0.5, 0.6) is 5.75 Å². The van der Waals surface area contributed by atoms with Crippen molar-refractivity contribution >= 4 is 11.6 Å². The molecule has 1 aromatic rings. The monoisotopic (exact) mass is 396 g/mol. The molecule has 150 valence electrons. The number of aliphatic hydroxyl groups excluding tert-OH is 3. The Morgan fingerprint density at radius 2 is 1.93 bits per heavy atom. The Hall–Kier alpha value is -1.37. The Labute approximate surface area is 165 Å². The number of aryl methyl sites for hydroxylation is 1. The van der Waals surface area contributed by atoms with Gasteiger partial charge in [0.1, 0.15) is 29.7 Å². The molecule has 0 aromatic heterocycles. The van der Waals surface area contributed by atoms with Gasteiger partial charge >= 0.3 is 0 Å². The largest absolute Gasteiger partial charge is 0.494 e. The molecule has 0 amide bonds. The van der Waals surface area contributed by atoms with Crippen molar-refractivity contribution in [2.75, 3.05) is 19.1 Å². The van der Waals surface area contributed by atoms with E-state index in [2.05, 4.69) is 0 Å². The number of hydrogen-bond donors (Lipinski definition) is 3. The van der Waals surface area contributed by atoms with Crippen LogP contribution in [-0.2, 0) is 11.2 Å². The molecule has 27 heavy (non-hydrogen) atoms. The van der Waals surface area contributed by atoms with Crippen molar-refractivity contribution in [1.29, 1.82) is 0 Å². The Kier molecular flexibility index (Phi) is 8.80. The Balaban J connectivity index is 2.00. The number of hydrogen-bond acceptors (Lipinski definition) is 5. The fourth-order valence-corrected chi connectivity index (χ4v) is 3.23. The van der Waals surface area contributed by atoms with Crippen molar-refractivity contribution < 1.29 is 24.8 Å². The maximum atomic E-state index is 10.5. The minimum Gasteiger partial charge on any atom is -0.494 e. The van der Waals surface area contributed by atoms with Crippen molar-refractivity contribution in [1.82, 2.24) is 0 Å². The molecule has 5 nitrogen and oxygen atoms in total. The minimum absolute atomic E-state index is 0.0316. The number of allylic oxidation sites excluding steroid dienone is 2. The van der Waals surface area contributed by atoms with Gasteiger partial charge in [0.2, 0.25) is 0 Å². The number of alkyl halides is 1. The molecule has 0 aliphatic carbocycles. The van der Waals surface area contributed by atoms with E-state index in [9.17, 15) is 15.3 Å². The summed E-state index contributed by atoms with van der Waals surface area (Å²) in [5.41, 5.74) is 0.111. The lowest BCUT2D eigenvalue weighted by molar-refractivity contribution is -0.216. The van der Waals surface area contributed by atoms with Crippen LogP contribution in [0.3, 0.4) is 0 Å². The van der Waals surface area contributed by atoms with Crippen LogP contribution in [0.15, 0.2) is 48.6 Å². The van der Waals surface area contributed by atoms with Crippen molar-refractivity contribution in [3.05, 3.63) is 54.1 Å². The maximum absolute atomic E-state index is 10.5. The average Bonchev–Trinajstić information content (AvgIpc) is 2.68. The number of halogens is 1. The molecule has 2 rings (SSSR count). The second-order valence-electron chi connectivity index (χ2n) is 6.62. The fourth-order valence-electron chi connectivity index (χ4n) is 3.10. The maximum Gasteiger partial charge on any atom is 0.119 e. The zero-order chi connectivity index (χ0) is 19.7. The molecule has 0 saturated carbocycles. The van der Waals surface area contributed by atoms with Gasteiger partial charge in [0.15, 0.2) is 0 Å². The van der Waals surface area contributed by atoms with Crippen molar-refractivity contribution in [2.45, 2.75) is 50.1 Å². The van der Waals surface area contributed by atoms with E-state index in [1.807, 2.05) is 43.3 Å². The predicted octanol–water partition coefficient (Wildman–Crippen LogP) is 2.61. The summed E-state index contributed by atoms with van der Waals surface area (Å²) in [6.07, 6.45) is 5.70. The van der Waals surface area contributed by atoms with Gasteiger partial charge in [0, 0.05) is 12.3 Å². The van der Waals surface area contributed by atoms with Crippen LogP contribution in [0.25, 0.3) is 0 Å². The number of rotatable bonds is 9. The Morgan fingerprint density at radius 3 is 2.59 bits per heavy atom. The van der Waals surface area contributed by atoms with Gasteiger partial charge in [-0.2, -0.15) is 0 Å². The summed E-state index contributed by atoms with van der Waals surface area (Å²) in [6.45, 7) is 2.57. The molecule has 1 saturated heterocycles. The molecule has 0 radical (unpaired) electrons. The SMILES string of the molecule is CCOc1ccc(CC/C=C/C2(C/C=C\CCl)OC[C@@H](O)[C@H](O)[C@H]2O)cc1. The molecule has 1 aliphatic rings. The molecule has 3 N–H and O–H groups in total. The van der Waals surface area contributed by atoms with E-state index in [4.69, 9.17) is 21.1 Å². The summed E-state index contributed by atoms with van der Waals surface area (Å²) in [7, 11) is 0. The molecule has 1 fully saturated rings. The highest BCUT2D eigenvalue weighted by atomic mass is 35.5. The summed E-state index contributed by atoms with van der Waals surface area (Å²) in [6, 6.07) is 7.97. The van der Waals surface area contributed by atoms with Gasteiger partial charge in [-0.25, -0.2) is 0 Å². The van der Waals surface area contributed by atoms with Gasteiger partial charge in [-0.05, 0) is 37.5 Å². The molecule has 6 heteroatoms. The van der Waals surface area contributed by atoms with E-state index < -0.39 is 23.9 Å². The van der Waals surface area contributed by atoms with Gasteiger partial charge in [0.25, 0.3) is 0 Å². The van der Waals surface area contributed by atoms with E-state index in [0.29, 0.717) is 18.9 Å². The van der Waals surface area contributed by atoms with Crippen molar-refractivity contribution in [2.24, 2.45) is 0 Å². The summed E-state index contributed by atoms with van der Waals surface area (Å²) in [5.74, 6) is 1.21. The first-order valence-electron chi connectivity index (χ1n) is 9.31. The minimum atomic E-state index is -1.25. The van der Waals surface area contributed by atoms with Crippen LogP contribution < -0.4 is 4.74 Å². The number of aliphatic hydroxyl groups is 3. The highest BCUT2D eigenvalue weighted by Crippen LogP contribution is 2.31. The van der Waals surface area contributed by atoms with E-state index in [0.717, 1.165) is 18.6 Å². The van der Waals surface area contributed by atoms with Gasteiger partial charge in [-0.1, -0.05) is 36.4 Å². The Morgan fingerprint density at radius 1 is 1.19 bits per heavy atom. The topological polar surface area (TPSA) is 79.2 Å². The van der Waals surface area contributed by atoms with E-state index in [1.165, 1.54) is 5.56 Å². The predicted molar refractivity (Wildman–Crippen MR) is 106 cm³/mol. The Bertz CT molecular complexity index is 616. The molecule has 0 bridgehead atoms. The molecular weight excluding hydrogens is 368 g/mol. The summed E-state index contributed by atoms with van der Waals surface area (Å²) < 4.78 is 11.2. The smallest absolute Gasteiger partial charge is 0.119 e. The third-order valence-corrected chi connectivity index (χ3v) is 4.85. The van der Waals surface area contributed by atoms with Gasteiger partial charge < -0.3 is 24.8 Å². The summed E-state index contributed by atoms with van der Waals surface area (Å²) in [4.78, 5) is 0. The molecule has 1 heterocycles. The van der Waals surface area contributed by atoms with Crippen LogP contribution in [0.4, 0.5) is 0 Å². The quantitative estimate of drug-likeness (QED) is 0.441. The lowest BCUT2D eigenvalue weighted by Gasteiger charge is -2.43. The second-order valence-corrected chi connectivity index (χ2v) is 6.93. The normalized spacial score (nSPS) is 28.9. The summed E-state index contributed by atoms with van der Waals surface area (Å²) >= 11 is 5.67. The van der Waals surface area contributed by atoms with Crippen LogP contribution in [0.2, 0.25) is 0 Å². The molecule has 1 unspecified atom stereocenters. The van der Waals surface area contributed by atoms with Crippen LogP contribution >= 0.6 is 11.6 Å². The average molecular weight is 397 g/mol. The molecular formula is C21H29ClO5. The second kappa shape index (κ2) is 10.8. The van der Waals surface area contributed by atoms with E-state index >= 15 is 0 Å².